The lowest BCUT2D eigenvalue weighted by Crippen LogP contribution is -2.38. The minimum atomic E-state index is -0.538. The molecule has 1 amide bonds. The Labute approximate surface area is 83.5 Å². The van der Waals surface area contributed by atoms with Crippen LogP contribution < -0.4 is 10.6 Å². The van der Waals surface area contributed by atoms with Crippen molar-refractivity contribution in [1.29, 1.82) is 0 Å². The van der Waals surface area contributed by atoms with Crippen LogP contribution in [-0.4, -0.2) is 36.5 Å². The summed E-state index contributed by atoms with van der Waals surface area (Å²) in [6.07, 6.45) is 0.769. The lowest BCUT2D eigenvalue weighted by molar-refractivity contribution is 0.258. The zero-order valence-corrected chi connectivity index (χ0v) is 8.12. The van der Waals surface area contributed by atoms with Crippen molar-refractivity contribution >= 4 is 43.5 Å². The summed E-state index contributed by atoms with van der Waals surface area (Å²) in [7, 11) is 4.96. The van der Waals surface area contributed by atoms with Gasteiger partial charge in [-0.2, -0.15) is 12.6 Å². The normalized spacial score (nSPS) is 28.2. The highest BCUT2D eigenvalue weighted by molar-refractivity contribution is 7.80. The number of carbonyl (C=O) groups excluding carboxylic acids is 1. The molecule has 64 valence electrons. The molecule has 1 aliphatic heterocycles. The molecule has 2 N–H and O–H groups in total. The molecule has 1 heterocycles. The van der Waals surface area contributed by atoms with Crippen molar-refractivity contribution in [2.75, 3.05) is 5.75 Å². The molecule has 0 bridgehead atoms. The second kappa shape index (κ2) is 4.14. The fraction of sp³-hybridized carbons (Fsp3) is 0.667. The topological polar surface area (TPSA) is 41.1 Å². The van der Waals surface area contributed by atoms with Crippen molar-refractivity contribution in [3.05, 3.63) is 0 Å². The zero-order chi connectivity index (χ0) is 9.14. The van der Waals surface area contributed by atoms with E-state index in [2.05, 4.69) is 23.3 Å². The van der Waals surface area contributed by atoms with Gasteiger partial charge >= 0.3 is 0 Å². The van der Waals surface area contributed by atoms with E-state index >= 15 is 0 Å². The van der Waals surface area contributed by atoms with Crippen molar-refractivity contribution in [3.8, 4) is 0 Å². The van der Waals surface area contributed by atoms with Gasteiger partial charge in [0.05, 0.1) is 11.0 Å². The first-order valence-corrected chi connectivity index (χ1v) is 4.64. The number of carbonyl (C=O) groups is 1. The molecule has 0 saturated carbocycles. The minimum absolute atomic E-state index is 0.116. The predicted octanol–water partition coefficient (Wildman–Crippen LogP) is -0.148. The van der Waals surface area contributed by atoms with E-state index in [1.54, 1.807) is 0 Å². The Morgan fingerprint density at radius 3 is 3.00 bits per heavy atom. The van der Waals surface area contributed by atoms with Crippen LogP contribution in [0.1, 0.15) is 6.42 Å². The average Bonchev–Trinajstić information content (AvgIpc) is 2.31. The van der Waals surface area contributed by atoms with E-state index in [4.69, 9.17) is 20.1 Å². The highest BCUT2D eigenvalue weighted by Crippen LogP contribution is 2.10. The number of hydrogen-bond donors (Lipinski definition) is 3. The van der Waals surface area contributed by atoms with Gasteiger partial charge in [0.2, 0.25) is 7.85 Å². The van der Waals surface area contributed by atoms with Crippen molar-refractivity contribution in [2.24, 2.45) is 0 Å². The third-order valence-corrected chi connectivity index (χ3v) is 2.56. The molecule has 0 aliphatic carbocycles. The molecule has 0 unspecified atom stereocenters. The molecule has 1 aliphatic rings. The molecular weight excluding hydrogens is 191 g/mol. The third kappa shape index (κ3) is 2.38. The van der Waals surface area contributed by atoms with Crippen molar-refractivity contribution < 1.29 is 4.79 Å². The van der Waals surface area contributed by atoms with E-state index in [9.17, 15) is 4.79 Å². The Bertz CT molecular complexity index is 212. The second-order valence-electron chi connectivity index (χ2n) is 2.68. The monoisotopic (exact) mass is 200 g/mol. The smallest absolute Gasteiger partial charge is 0.200 e. The van der Waals surface area contributed by atoms with E-state index in [-0.39, 0.29) is 12.1 Å². The van der Waals surface area contributed by atoms with Crippen LogP contribution in [0.25, 0.3) is 0 Å². The van der Waals surface area contributed by atoms with E-state index < -0.39 is 5.81 Å². The van der Waals surface area contributed by atoms with Gasteiger partial charge in [0.25, 0.3) is 0 Å². The van der Waals surface area contributed by atoms with Gasteiger partial charge in [-0.25, -0.2) is 0 Å². The summed E-state index contributed by atoms with van der Waals surface area (Å²) in [6, 6.07) is 0.132. The molecule has 1 saturated heterocycles. The lowest BCUT2D eigenvalue weighted by Gasteiger charge is -2.08. The molecule has 0 aromatic carbocycles. The van der Waals surface area contributed by atoms with E-state index in [1.807, 2.05) is 0 Å². The van der Waals surface area contributed by atoms with Crippen molar-refractivity contribution in [2.45, 2.75) is 18.5 Å². The standard InChI is InChI=1S/C6H9BN2OS2/c7-6(10)9-4-1-3(2-11)8-5(4)12/h3-4,11H,1-2H2,(H,8,12)(H,9,10)/t3-,4-/m0/s1. The number of rotatable bonds is 2. The summed E-state index contributed by atoms with van der Waals surface area (Å²) in [5.41, 5.74) is 0. The molecule has 2 radical (unpaired) electrons. The van der Waals surface area contributed by atoms with E-state index in [0.29, 0.717) is 10.7 Å². The molecule has 0 aromatic heterocycles. The fourth-order valence-electron chi connectivity index (χ4n) is 1.17. The quantitative estimate of drug-likeness (QED) is 0.330. The summed E-state index contributed by atoms with van der Waals surface area (Å²) >= 11 is 9.11. The second-order valence-corrected chi connectivity index (χ2v) is 3.49. The number of hydrogen-bond acceptors (Lipinski definition) is 3. The highest BCUT2D eigenvalue weighted by atomic mass is 32.1. The molecule has 3 nitrogen and oxygen atoms in total. The van der Waals surface area contributed by atoms with Gasteiger partial charge < -0.3 is 10.6 Å². The average molecular weight is 200 g/mol. The number of amides is 1. The Hall–Kier alpha value is -0.225. The van der Waals surface area contributed by atoms with Crippen LogP contribution >= 0.6 is 24.8 Å². The Morgan fingerprint density at radius 2 is 2.58 bits per heavy atom. The predicted molar refractivity (Wildman–Crippen MR) is 56.1 cm³/mol. The van der Waals surface area contributed by atoms with Gasteiger partial charge in [-0.3, -0.25) is 4.79 Å². The van der Waals surface area contributed by atoms with E-state index in [1.165, 1.54) is 0 Å². The molecule has 12 heavy (non-hydrogen) atoms. The number of nitrogens with one attached hydrogen (secondary N) is 2. The van der Waals surface area contributed by atoms with E-state index in [0.717, 1.165) is 6.42 Å². The molecule has 0 spiro atoms. The van der Waals surface area contributed by atoms with Crippen LogP contribution in [0.2, 0.25) is 0 Å². The zero-order valence-electron chi connectivity index (χ0n) is 6.41. The summed E-state index contributed by atoms with van der Waals surface area (Å²) in [4.78, 5) is 11.1. The molecule has 2 atom stereocenters. The molecular formula is C6H9BN2OS2. The van der Waals surface area contributed by atoms with Crippen LogP contribution in [0.15, 0.2) is 0 Å². The highest BCUT2D eigenvalue weighted by Gasteiger charge is 2.27. The van der Waals surface area contributed by atoms with Gasteiger partial charge in [-0.1, -0.05) is 12.2 Å². The van der Waals surface area contributed by atoms with Gasteiger partial charge in [-0.05, 0) is 6.42 Å². The largest absolute Gasteiger partial charge is 0.374 e. The number of thiol groups is 1. The van der Waals surface area contributed by atoms with Gasteiger partial charge in [0, 0.05) is 11.8 Å². The first-order chi connectivity index (χ1) is 5.63. The number of thiocarbonyl (C=S) groups is 1. The lowest BCUT2D eigenvalue weighted by atomic mass is 10.1. The third-order valence-electron chi connectivity index (χ3n) is 1.72. The van der Waals surface area contributed by atoms with Gasteiger partial charge in [0.1, 0.15) is 0 Å². The maximum absolute atomic E-state index is 10.5. The first kappa shape index (κ1) is 9.86. The summed E-state index contributed by atoms with van der Waals surface area (Å²) in [5.74, 6) is 0.167. The fourth-order valence-corrected chi connectivity index (χ4v) is 1.73. The maximum atomic E-state index is 10.5. The van der Waals surface area contributed by atoms with Crippen LogP contribution in [0.5, 0.6) is 0 Å². The van der Waals surface area contributed by atoms with Crippen LogP contribution in [-0.2, 0) is 0 Å². The van der Waals surface area contributed by atoms with Crippen LogP contribution in [0.3, 0.4) is 0 Å². The van der Waals surface area contributed by atoms with Crippen LogP contribution in [0, 0.1) is 0 Å². The molecule has 6 heteroatoms. The minimum Gasteiger partial charge on any atom is -0.374 e. The summed E-state index contributed by atoms with van der Waals surface area (Å²) < 4.78 is 0. The van der Waals surface area contributed by atoms with Crippen LogP contribution in [0.4, 0.5) is 4.79 Å². The first-order valence-electron chi connectivity index (χ1n) is 3.60. The Kier molecular flexibility index (Phi) is 3.40. The maximum Gasteiger partial charge on any atom is 0.200 e. The summed E-state index contributed by atoms with van der Waals surface area (Å²) in [6.45, 7) is 0. The Morgan fingerprint density at radius 1 is 1.92 bits per heavy atom. The van der Waals surface area contributed by atoms with Crippen molar-refractivity contribution in [1.82, 2.24) is 10.6 Å². The SMILES string of the molecule is [B]C(=O)N[C@H]1C[C@@H](CS)NC1=S. The molecule has 0 aromatic rings. The Balaban J connectivity index is 2.46. The summed E-state index contributed by atoms with van der Waals surface area (Å²) in [5, 5.41) is 5.60. The van der Waals surface area contributed by atoms with Gasteiger partial charge in [0.15, 0.2) is 5.81 Å². The van der Waals surface area contributed by atoms with Gasteiger partial charge in [-0.15, -0.1) is 0 Å². The molecule has 1 fully saturated rings. The molecule has 1 rings (SSSR count). The van der Waals surface area contributed by atoms with Crippen molar-refractivity contribution in [3.63, 3.8) is 0 Å².